The predicted molar refractivity (Wildman–Crippen MR) is 173 cm³/mol. The van der Waals surface area contributed by atoms with E-state index in [1.54, 1.807) is 11.6 Å². The molecule has 13 heteroatoms. The molecule has 10 nitrogen and oxygen atoms in total. The van der Waals surface area contributed by atoms with Gasteiger partial charge in [0.05, 0.1) is 23.3 Å². The summed E-state index contributed by atoms with van der Waals surface area (Å²) in [6, 6.07) is 10.6. The summed E-state index contributed by atoms with van der Waals surface area (Å²) in [5, 5.41) is 9.23. The fraction of sp³-hybridized carbons (Fsp3) is 0.419. The van der Waals surface area contributed by atoms with Gasteiger partial charge in [-0.2, -0.15) is 4.98 Å². The van der Waals surface area contributed by atoms with Gasteiger partial charge in [0.25, 0.3) is 5.91 Å². The zero-order chi connectivity index (χ0) is 31.2. The van der Waals surface area contributed by atoms with Crippen LogP contribution in [0.15, 0.2) is 57.3 Å². The Kier molecular flexibility index (Phi) is 10.8. The van der Waals surface area contributed by atoms with Crippen molar-refractivity contribution in [2.24, 2.45) is 0 Å². The summed E-state index contributed by atoms with van der Waals surface area (Å²) in [7, 11) is 0. The lowest BCUT2D eigenvalue weighted by Gasteiger charge is -2.29. The summed E-state index contributed by atoms with van der Waals surface area (Å²) in [4.78, 5) is 32.7. The van der Waals surface area contributed by atoms with E-state index in [1.807, 2.05) is 55.1 Å². The molecular weight excluding hydrogens is 670 g/mol. The van der Waals surface area contributed by atoms with E-state index >= 15 is 0 Å². The first-order valence-electron chi connectivity index (χ1n) is 14.6. The highest BCUT2D eigenvalue weighted by molar-refractivity contribution is 9.10. The summed E-state index contributed by atoms with van der Waals surface area (Å²) >= 11 is 11.5. The van der Waals surface area contributed by atoms with Crippen molar-refractivity contribution in [3.63, 3.8) is 0 Å². The van der Waals surface area contributed by atoms with Crippen molar-refractivity contribution in [3.8, 4) is 11.5 Å². The first-order valence-corrected chi connectivity index (χ1v) is 16.8. The molecule has 1 saturated heterocycles. The number of hydrogen-bond acceptors (Lipinski definition) is 9. The molecule has 1 fully saturated rings. The van der Waals surface area contributed by atoms with Crippen molar-refractivity contribution in [1.29, 1.82) is 0 Å². The molecule has 0 spiro atoms. The molecule has 2 aromatic carbocycles. The van der Waals surface area contributed by atoms with Crippen molar-refractivity contribution in [2.45, 2.75) is 57.0 Å². The number of likely N-dealkylation sites (tertiary alicyclic amines) is 1. The quantitative estimate of drug-likeness (QED) is 0.174. The molecule has 1 atom stereocenters. The molecule has 234 valence electrons. The second-order valence-electron chi connectivity index (χ2n) is 10.3. The van der Waals surface area contributed by atoms with Crippen LogP contribution < -0.4 is 14.8 Å². The summed E-state index contributed by atoms with van der Waals surface area (Å²) in [6.45, 7) is 7.44. The zero-order valence-corrected chi connectivity index (χ0v) is 28.1. The van der Waals surface area contributed by atoms with Crippen LogP contribution in [0.5, 0.6) is 11.5 Å². The average molecular weight is 705 g/mol. The van der Waals surface area contributed by atoms with Crippen LogP contribution in [0, 0.1) is 0 Å². The van der Waals surface area contributed by atoms with Crippen LogP contribution in [0.2, 0.25) is 5.02 Å². The normalized spacial score (nSPS) is 16.3. The molecule has 44 heavy (non-hydrogen) atoms. The van der Waals surface area contributed by atoms with Crippen LogP contribution >= 0.6 is 39.3 Å². The molecule has 3 aromatic rings. The monoisotopic (exact) mass is 703 g/mol. The van der Waals surface area contributed by atoms with Crippen molar-refractivity contribution < 1.29 is 23.8 Å². The number of hydrogen-bond donors (Lipinski definition) is 1. The van der Waals surface area contributed by atoms with Gasteiger partial charge in [-0.25, -0.2) is 9.48 Å². The van der Waals surface area contributed by atoms with Crippen LogP contribution in [0.3, 0.4) is 0 Å². The van der Waals surface area contributed by atoms with Gasteiger partial charge in [0.15, 0.2) is 18.1 Å². The minimum Gasteiger partial charge on any atom is -0.490 e. The van der Waals surface area contributed by atoms with Gasteiger partial charge in [-0.15, -0.1) is 5.10 Å². The maximum Gasteiger partial charge on any atom is 0.338 e. The molecule has 1 N–H and O–H groups in total. The summed E-state index contributed by atoms with van der Waals surface area (Å²) in [5.41, 5.74) is 2.68. The summed E-state index contributed by atoms with van der Waals surface area (Å²) in [5.74, 6) is 1.41. The van der Waals surface area contributed by atoms with Gasteiger partial charge < -0.3 is 24.4 Å². The van der Waals surface area contributed by atoms with Crippen LogP contribution in [0.4, 0.5) is 5.95 Å². The average Bonchev–Trinajstić information content (AvgIpc) is 3.42. The van der Waals surface area contributed by atoms with Crippen LogP contribution in [0.1, 0.15) is 57.2 Å². The first kappa shape index (κ1) is 32.2. The van der Waals surface area contributed by atoms with Gasteiger partial charge in [-0.3, -0.25) is 4.79 Å². The zero-order valence-electron chi connectivity index (χ0n) is 24.9. The number of halogens is 2. The maximum atomic E-state index is 13.3. The second-order valence-corrected chi connectivity index (χ2v) is 12.5. The molecule has 0 saturated carbocycles. The molecule has 1 aromatic heterocycles. The van der Waals surface area contributed by atoms with E-state index < -0.39 is 12.0 Å². The third-order valence-electron chi connectivity index (χ3n) is 7.34. The topological polar surface area (TPSA) is 108 Å². The molecule has 0 radical (unpaired) electrons. The highest BCUT2D eigenvalue weighted by atomic mass is 79.9. The Morgan fingerprint density at radius 3 is 2.61 bits per heavy atom. The highest BCUT2D eigenvalue weighted by Crippen LogP contribution is 2.43. The van der Waals surface area contributed by atoms with Gasteiger partial charge in [-0.1, -0.05) is 41.6 Å². The van der Waals surface area contributed by atoms with E-state index in [-0.39, 0.29) is 19.1 Å². The largest absolute Gasteiger partial charge is 0.490 e. The third-order valence-corrected chi connectivity index (χ3v) is 9.18. The van der Waals surface area contributed by atoms with Crippen LogP contribution in [0.25, 0.3) is 0 Å². The Balaban J connectivity index is 1.48. The fourth-order valence-corrected chi connectivity index (χ4v) is 6.94. The lowest BCUT2D eigenvalue weighted by atomic mass is 9.95. The van der Waals surface area contributed by atoms with Gasteiger partial charge in [-0.05, 0) is 85.3 Å². The van der Waals surface area contributed by atoms with E-state index in [1.165, 1.54) is 11.8 Å². The number of anilines is 1. The molecule has 2 aliphatic rings. The lowest BCUT2D eigenvalue weighted by Crippen LogP contribution is -2.38. The maximum absolute atomic E-state index is 13.3. The number of fused-ring (bicyclic) bond motifs is 1. The molecule has 3 heterocycles. The lowest BCUT2D eigenvalue weighted by molar-refractivity contribution is -0.139. The number of amides is 1. The van der Waals surface area contributed by atoms with Gasteiger partial charge in [0.2, 0.25) is 11.1 Å². The second kappa shape index (κ2) is 14.7. The number of nitrogens with zero attached hydrogens (tertiary/aromatic N) is 4. The standard InChI is InChI=1S/C31H35BrClN5O5S/c1-4-41-24-16-21(15-22(32)28(24)43-17-25(39)37-13-9-6-10-14-37)27-26(29(40)42-5-2)19(3)34-30-35-31(36-38(27)30)44-18-20-11-7-8-12-23(20)33/h7-8,11-12,15-16,27H,4-6,9-10,13-14,17-18H2,1-3H3,(H,34,35,36). The molecule has 0 bridgehead atoms. The number of carbonyl (C=O) groups excluding carboxylic acids is 2. The minimum atomic E-state index is -0.674. The van der Waals surface area contributed by atoms with E-state index in [9.17, 15) is 9.59 Å². The van der Waals surface area contributed by atoms with Crippen molar-refractivity contribution in [2.75, 3.05) is 38.2 Å². The van der Waals surface area contributed by atoms with Crippen molar-refractivity contribution in [3.05, 3.63) is 68.3 Å². The number of aromatic nitrogens is 3. The third kappa shape index (κ3) is 7.18. The fourth-order valence-electron chi connectivity index (χ4n) is 5.25. The number of rotatable bonds is 11. The predicted octanol–water partition coefficient (Wildman–Crippen LogP) is 6.63. The van der Waals surface area contributed by atoms with Gasteiger partial charge >= 0.3 is 5.97 Å². The molecule has 1 amide bonds. The number of piperidine rings is 1. The Labute approximate surface area is 274 Å². The molecule has 2 aliphatic heterocycles. The van der Waals surface area contributed by atoms with Crippen LogP contribution in [-0.4, -0.2) is 64.5 Å². The van der Waals surface area contributed by atoms with Gasteiger partial charge in [0, 0.05) is 29.6 Å². The summed E-state index contributed by atoms with van der Waals surface area (Å²) in [6.07, 6.45) is 3.15. The van der Waals surface area contributed by atoms with Crippen molar-refractivity contribution in [1.82, 2.24) is 19.7 Å². The van der Waals surface area contributed by atoms with Gasteiger partial charge in [0.1, 0.15) is 6.04 Å². The van der Waals surface area contributed by atoms with E-state index in [2.05, 4.69) is 21.2 Å². The molecule has 1 unspecified atom stereocenters. The van der Waals surface area contributed by atoms with E-state index in [4.69, 9.17) is 35.9 Å². The number of esters is 1. The minimum absolute atomic E-state index is 0.0567. The Morgan fingerprint density at radius 1 is 1.11 bits per heavy atom. The van der Waals surface area contributed by atoms with E-state index in [0.29, 0.717) is 61.3 Å². The van der Waals surface area contributed by atoms with E-state index in [0.717, 1.165) is 37.9 Å². The highest BCUT2D eigenvalue weighted by Gasteiger charge is 2.36. The molecule has 5 rings (SSSR count). The number of ether oxygens (including phenoxy) is 3. The number of allylic oxidation sites excluding steroid dienone is 1. The van der Waals surface area contributed by atoms with Crippen molar-refractivity contribution >= 4 is 57.1 Å². The Morgan fingerprint density at radius 2 is 1.89 bits per heavy atom. The molecular formula is C31H35BrClN5O5S. The number of benzene rings is 2. The SMILES string of the molecule is CCOC(=O)C1=C(C)Nc2nc(SCc3ccccc3Cl)nn2C1c1cc(Br)c(OCC(=O)N2CCCCC2)c(OCC)c1. The Hall–Kier alpha value is -3.22. The smallest absolute Gasteiger partial charge is 0.338 e. The summed E-state index contributed by atoms with van der Waals surface area (Å²) < 4.78 is 19.8. The Bertz CT molecular complexity index is 1560. The number of carbonyl (C=O) groups is 2. The first-order chi connectivity index (χ1) is 21.3. The number of nitrogens with one attached hydrogen (secondary N) is 1. The van der Waals surface area contributed by atoms with Crippen LogP contribution in [-0.2, 0) is 20.1 Å². The molecule has 0 aliphatic carbocycles. The number of thioether (sulfide) groups is 1.